The van der Waals surface area contributed by atoms with Crippen LogP contribution in [0.15, 0.2) is 65.1 Å². The van der Waals surface area contributed by atoms with Gasteiger partial charge in [0.05, 0.1) is 17.8 Å². The highest BCUT2D eigenvalue weighted by Crippen LogP contribution is 2.18. The van der Waals surface area contributed by atoms with Crippen LogP contribution >= 0.6 is 0 Å². The molecule has 0 radical (unpaired) electrons. The highest BCUT2D eigenvalue weighted by atomic mass is 16.2. The Morgan fingerprint density at radius 2 is 1.88 bits per heavy atom. The van der Waals surface area contributed by atoms with Crippen molar-refractivity contribution in [2.75, 3.05) is 6.54 Å². The fraction of sp³-hybridized carbons (Fsp3) is 0.190. The first-order chi connectivity index (χ1) is 12.6. The minimum atomic E-state index is -0.0900. The molecular weight excluding hydrogens is 326 g/mol. The summed E-state index contributed by atoms with van der Waals surface area (Å²) in [5.74, 6) is -0.0444. The van der Waals surface area contributed by atoms with Crippen LogP contribution in [0.1, 0.15) is 23.7 Å². The Morgan fingerprint density at radius 1 is 1.12 bits per heavy atom. The summed E-state index contributed by atoms with van der Waals surface area (Å²) in [6.07, 6.45) is 4.19. The van der Waals surface area contributed by atoms with Gasteiger partial charge in [-0.3, -0.25) is 14.0 Å². The number of carbonyl (C=O) groups is 1. The molecule has 0 fully saturated rings. The van der Waals surface area contributed by atoms with Crippen LogP contribution in [0.3, 0.4) is 0 Å². The summed E-state index contributed by atoms with van der Waals surface area (Å²) >= 11 is 0. The summed E-state index contributed by atoms with van der Waals surface area (Å²) in [5, 5.41) is 0. The molecule has 5 heteroatoms. The highest BCUT2D eigenvalue weighted by molar-refractivity contribution is 5.97. The number of amides is 1. The molecular formula is C21H19N3O2. The van der Waals surface area contributed by atoms with Crippen LogP contribution < -0.4 is 5.56 Å². The number of hydrogen-bond donors (Lipinski definition) is 0. The van der Waals surface area contributed by atoms with Crippen LogP contribution in [0.4, 0.5) is 0 Å². The van der Waals surface area contributed by atoms with Crippen molar-refractivity contribution in [3.8, 4) is 0 Å². The number of pyridine rings is 1. The Morgan fingerprint density at radius 3 is 2.69 bits per heavy atom. The van der Waals surface area contributed by atoms with Gasteiger partial charge in [-0.15, -0.1) is 0 Å². The third-order valence-corrected chi connectivity index (χ3v) is 4.69. The lowest BCUT2D eigenvalue weighted by molar-refractivity contribution is -0.127. The van der Waals surface area contributed by atoms with E-state index in [4.69, 9.17) is 0 Å². The Bertz CT molecular complexity index is 1070. The van der Waals surface area contributed by atoms with Crippen LogP contribution in [0, 0.1) is 0 Å². The van der Waals surface area contributed by atoms with Gasteiger partial charge in [0.1, 0.15) is 5.65 Å². The molecule has 0 aliphatic carbocycles. The van der Waals surface area contributed by atoms with Crippen LogP contribution in [-0.2, 0) is 17.8 Å². The van der Waals surface area contributed by atoms with E-state index < -0.39 is 0 Å². The van der Waals surface area contributed by atoms with Crippen molar-refractivity contribution < 1.29 is 4.79 Å². The molecule has 0 unspecified atom stereocenters. The maximum Gasteiger partial charge on any atom is 0.263 e. The number of benzene rings is 1. The van der Waals surface area contributed by atoms with Crippen molar-refractivity contribution in [2.24, 2.45) is 0 Å². The summed E-state index contributed by atoms with van der Waals surface area (Å²) < 4.78 is 1.54. The second kappa shape index (κ2) is 6.59. The fourth-order valence-electron chi connectivity index (χ4n) is 3.33. The first-order valence-electron chi connectivity index (χ1n) is 8.65. The van der Waals surface area contributed by atoms with E-state index in [-0.39, 0.29) is 11.5 Å². The normalized spacial score (nSPS) is 14.3. The standard InChI is InChI=1S/C21H19N3O2/c1-15(13-16-7-3-2-4-8-16)20(25)23-12-10-18-17(14-23)21(26)24-11-6-5-9-19(24)22-18/h2-9,11,13H,10,12,14H2,1H3/b15-13-. The van der Waals surface area contributed by atoms with Crippen molar-refractivity contribution >= 4 is 17.6 Å². The SMILES string of the molecule is C/C(=C/c1ccccc1)C(=O)N1CCc2nc3ccccn3c(=O)c2C1. The highest BCUT2D eigenvalue weighted by Gasteiger charge is 2.25. The summed E-state index contributed by atoms with van der Waals surface area (Å²) in [7, 11) is 0. The summed E-state index contributed by atoms with van der Waals surface area (Å²) in [6.45, 7) is 2.69. The van der Waals surface area contributed by atoms with Gasteiger partial charge in [0.15, 0.2) is 0 Å². The first kappa shape index (κ1) is 16.3. The predicted molar refractivity (Wildman–Crippen MR) is 101 cm³/mol. The second-order valence-electron chi connectivity index (χ2n) is 6.49. The van der Waals surface area contributed by atoms with Crippen molar-refractivity contribution in [2.45, 2.75) is 19.9 Å². The number of carbonyl (C=O) groups excluding carboxylic acids is 1. The lowest BCUT2D eigenvalue weighted by atomic mass is 10.0. The Balaban J connectivity index is 1.64. The van der Waals surface area contributed by atoms with Crippen LogP contribution in [0.2, 0.25) is 0 Å². The van der Waals surface area contributed by atoms with E-state index in [1.54, 1.807) is 21.6 Å². The number of fused-ring (bicyclic) bond motifs is 2. The molecule has 0 saturated carbocycles. The predicted octanol–water partition coefficient (Wildman–Crippen LogP) is 2.68. The van der Waals surface area contributed by atoms with E-state index in [9.17, 15) is 9.59 Å². The van der Waals surface area contributed by atoms with E-state index in [1.807, 2.05) is 55.5 Å². The van der Waals surface area contributed by atoms with Crippen LogP contribution in [0.5, 0.6) is 0 Å². The molecule has 1 aromatic carbocycles. The topological polar surface area (TPSA) is 54.7 Å². The molecule has 0 saturated heterocycles. The lowest BCUT2D eigenvalue weighted by Crippen LogP contribution is -2.40. The van der Waals surface area contributed by atoms with Gasteiger partial charge in [0, 0.05) is 24.7 Å². The van der Waals surface area contributed by atoms with Gasteiger partial charge in [-0.25, -0.2) is 4.98 Å². The fourth-order valence-corrected chi connectivity index (χ4v) is 3.33. The molecule has 4 rings (SSSR count). The second-order valence-corrected chi connectivity index (χ2v) is 6.49. The molecule has 1 aliphatic heterocycles. The molecule has 0 bridgehead atoms. The van der Waals surface area contributed by atoms with Crippen molar-refractivity contribution in [3.63, 3.8) is 0 Å². The third kappa shape index (κ3) is 2.92. The molecule has 1 aliphatic rings. The maximum absolute atomic E-state index is 12.8. The van der Waals surface area contributed by atoms with E-state index >= 15 is 0 Å². The number of hydrogen-bond acceptors (Lipinski definition) is 3. The first-order valence-corrected chi connectivity index (χ1v) is 8.65. The molecule has 130 valence electrons. The average Bonchev–Trinajstić information content (AvgIpc) is 2.68. The quantitative estimate of drug-likeness (QED) is 0.671. The molecule has 0 N–H and O–H groups in total. The van der Waals surface area contributed by atoms with Crippen LogP contribution in [0.25, 0.3) is 11.7 Å². The van der Waals surface area contributed by atoms with E-state index in [2.05, 4.69) is 4.98 Å². The smallest absolute Gasteiger partial charge is 0.263 e. The van der Waals surface area contributed by atoms with Gasteiger partial charge in [0.2, 0.25) is 5.91 Å². The zero-order valence-electron chi connectivity index (χ0n) is 14.6. The van der Waals surface area contributed by atoms with Gasteiger partial charge in [-0.2, -0.15) is 0 Å². The number of nitrogens with zero attached hydrogens (tertiary/aromatic N) is 3. The largest absolute Gasteiger partial charge is 0.334 e. The van der Waals surface area contributed by atoms with Crippen LogP contribution in [-0.4, -0.2) is 26.7 Å². The van der Waals surface area contributed by atoms with E-state index in [0.717, 1.165) is 11.3 Å². The summed E-state index contributed by atoms with van der Waals surface area (Å²) in [5.41, 5.74) is 3.62. The minimum Gasteiger partial charge on any atom is -0.334 e. The molecule has 0 spiro atoms. The molecule has 3 heterocycles. The van der Waals surface area contributed by atoms with Gasteiger partial charge < -0.3 is 4.90 Å². The Kier molecular flexibility index (Phi) is 4.13. The third-order valence-electron chi connectivity index (χ3n) is 4.69. The minimum absolute atomic E-state index is 0.0444. The van der Waals surface area contributed by atoms with E-state index in [0.29, 0.717) is 36.3 Å². The van der Waals surface area contributed by atoms with Gasteiger partial charge >= 0.3 is 0 Å². The zero-order chi connectivity index (χ0) is 18.1. The molecule has 0 atom stereocenters. The molecule has 3 aromatic rings. The maximum atomic E-state index is 12.8. The average molecular weight is 345 g/mol. The van der Waals surface area contributed by atoms with Crippen molar-refractivity contribution in [3.05, 3.63) is 87.5 Å². The summed E-state index contributed by atoms with van der Waals surface area (Å²) in [6, 6.07) is 15.3. The van der Waals surface area contributed by atoms with Gasteiger partial charge in [-0.05, 0) is 30.7 Å². The molecule has 26 heavy (non-hydrogen) atoms. The number of rotatable bonds is 2. The Hall–Kier alpha value is -3.21. The molecule has 2 aromatic heterocycles. The molecule has 5 nitrogen and oxygen atoms in total. The van der Waals surface area contributed by atoms with E-state index in [1.165, 1.54) is 0 Å². The monoisotopic (exact) mass is 345 g/mol. The number of aromatic nitrogens is 2. The van der Waals surface area contributed by atoms with Crippen molar-refractivity contribution in [1.29, 1.82) is 0 Å². The lowest BCUT2D eigenvalue weighted by Gasteiger charge is -2.28. The van der Waals surface area contributed by atoms with Gasteiger partial charge in [-0.1, -0.05) is 36.4 Å². The molecule has 1 amide bonds. The Labute approximate surface area is 151 Å². The zero-order valence-corrected chi connectivity index (χ0v) is 14.6. The van der Waals surface area contributed by atoms with Gasteiger partial charge in [0.25, 0.3) is 5.56 Å². The van der Waals surface area contributed by atoms with Crippen molar-refractivity contribution in [1.82, 2.24) is 14.3 Å². The summed E-state index contributed by atoms with van der Waals surface area (Å²) in [4.78, 5) is 31.9.